The number of aromatic nitrogens is 2. The fourth-order valence-electron chi connectivity index (χ4n) is 3.98. The smallest absolute Gasteiger partial charge is 0.225 e. The maximum Gasteiger partial charge on any atom is 0.225 e. The highest BCUT2D eigenvalue weighted by Gasteiger charge is 2.36. The Morgan fingerprint density at radius 2 is 1.86 bits per heavy atom. The monoisotopic (exact) mass is 288 g/mol. The Balaban J connectivity index is 1.65. The first-order valence-corrected chi connectivity index (χ1v) is 8.45. The Morgan fingerprint density at radius 1 is 1.14 bits per heavy atom. The zero-order chi connectivity index (χ0) is 14.7. The van der Waals surface area contributed by atoms with Crippen molar-refractivity contribution in [2.24, 2.45) is 5.41 Å². The van der Waals surface area contributed by atoms with Gasteiger partial charge in [-0.25, -0.2) is 9.97 Å². The average Bonchev–Trinajstić information content (AvgIpc) is 2.51. The molecule has 116 valence electrons. The van der Waals surface area contributed by atoms with Crippen molar-refractivity contribution in [3.8, 4) is 0 Å². The maximum atomic E-state index is 4.72. The van der Waals surface area contributed by atoms with Crippen LogP contribution in [0.3, 0.4) is 0 Å². The minimum absolute atomic E-state index is 0.649. The van der Waals surface area contributed by atoms with Crippen molar-refractivity contribution in [1.82, 2.24) is 15.3 Å². The molecule has 1 saturated carbocycles. The Kier molecular flexibility index (Phi) is 4.43. The van der Waals surface area contributed by atoms with Gasteiger partial charge in [-0.3, -0.25) is 0 Å². The molecule has 3 rings (SSSR count). The second-order valence-corrected chi connectivity index (χ2v) is 6.86. The molecule has 1 spiro atoms. The van der Waals surface area contributed by atoms with Gasteiger partial charge in [0.1, 0.15) is 0 Å². The molecule has 1 saturated heterocycles. The SMILES string of the molecule is CNCc1cnc(N2CCC3(CCCCC3)CC2)nc1C. The van der Waals surface area contributed by atoms with E-state index in [1.807, 2.05) is 13.2 Å². The molecule has 4 heteroatoms. The molecule has 0 atom stereocenters. The second kappa shape index (κ2) is 6.30. The lowest BCUT2D eigenvalue weighted by molar-refractivity contribution is 0.144. The van der Waals surface area contributed by atoms with Crippen molar-refractivity contribution in [3.63, 3.8) is 0 Å². The largest absolute Gasteiger partial charge is 0.341 e. The molecule has 1 aliphatic carbocycles. The van der Waals surface area contributed by atoms with Gasteiger partial charge in [-0.15, -0.1) is 0 Å². The molecular formula is C17H28N4. The summed E-state index contributed by atoms with van der Waals surface area (Å²) in [6, 6.07) is 0. The summed E-state index contributed by atoms with van der Waals surface area (Å²) in [6.45, 7) is 5.19. The summed E-state index contributed by atoms with van der Waals surface area (Å²) in [5, 5.41) is 3.17. The summed E-state index contributed by atoms with van der Waals surface area (Å²) in [5.41, 5.74) is 2.95. The number of hydrogen-bond donors (Lipinski definition) is 1. The first-order valence-electron chi connectivity index (χ1n) is 8.45. The molecule has 21 heavy (non-hydrogen) atoms. The van der Waals surface area contributed by atoms with Crippen LogP contribution in [0.2, 0.25) is 0 Å². The summed E-state index contributed by atoms with van der Waals surface area (Å²) in [4.78, 5) is 11.7. The van der Waals surface area contributed by atoms with Crippen molar-refractivity contribution in [3.05, 3.63) is 17.5 Å². The maximum absolute atomic E-state index is 4.72. The van der Waals surface area contributed by atoms with Crippen LogP contribution in [-0.2, 0) is 6.54 Å². The minimum atomic E-state index is 0.649. The third-order valence-electron chi connectivity index (χ3n) is 5.46. The van der Waals surface area contributed by atoms with Gasteiger partial charge in [0.15, 0.2) is 0 Å². The van der Waals surface area contributed by atoms with Gasteiger partial charge in [0, 0.05) is 37.1 Å². The number of aryl methyl sites for hydroxylation is 1. The van der Waals surface area contributed by atoms with E-state index >= 15 is 0 Å². The van der Waals surface area contributed by atoms with Crippen LogP contribution >= 0.6 is 0 Å². The van der Waals surface area contributed by atoms with E-state index in [0.29, 0.717) is 5.41 Å². The first-order chi connectivity index (χ1) is 10.2. The van der Waals surface area contributed by atoms with E-state index in [1.54, 1.807) is 0 Å². The Hall–Kier alpha value is -1.16. The number of rotatable bonds is 3. The van der Waals surface area contributed by atoms with Gasteiger partial charge in [0.2, 0.25) is 5.95 Å². The van der Waals surface area contributed by atoms with Gasteiger partial charge < -0.3 is 10.2 Å². The summed E-state index contributed by atoms with van der Waals surface area (Å²) in [7, 11) is 1.96. The highest BCUT2D eigenvalue weighted by Crippen LogP contribution is 2.44. The van der Waals surface area contributed by atoms with Crippen LogP contribution < -0.4 is 10.2 Å². The Labute approximate surface area is 128 Å². The average molecular weight is 288 g/mol. The Morgan fingerprint density at radius 3 is 2.48 bits per heavy atom. The third kappa shape index (κ3) is 3.20. The molecule has 2 aliphatic rings. The van der Waals surface area contributed by atoms with Crippen LogP contribution in [0.1, 0.15) is 56.2 Å². The molecule has 0 unspecified atom stereocenters. The van der Waals surface area contributed by atoms with Crippen molar-refractivity contribution in [2.75, 3.05) is 25.0 Å². The van der Waals surface area contributed by atoms with Crippen LogP contribution in [0.4, 0.5) is 5.95 Å². The predicted octanol–water partition coefficient (Wildman–Crippen LogP) is 3.06. The highest BCUT2D eigenvalue weighted by atomic mass is 15.3. The minimum Gasteiger partial charge on any atom is -0.341 e. The molecule has 0 radical (unpaired) electrons. The topological polar surface area (TPSA) is 41.1 Å². The van der Waals surface area contributed by atoms with E-state index in [4.69, 9.17) is 4.98 Å². The van der Waals surface area contributed by atoms with Gasteiger partial charge in [-0.1, -0.05) is 19.3 Å². The number of piperidine rings is 1. The normalized spacial score (nSPS) is 21.7. The van der Waals surface area contributed by atoms with Gasteiger partial charge in [-0.2, -0.15) is 0 Å². The molecular weight excluding hydrogens is 260 g/mol. The molecule has 1 N–H and O–H groups in total. The number of nitrogens with one attached hydrogen (secondary N) is 1. The molecule has 0 amide bonds. The molecule has 2 fully saturated rings. The molecule has 4 nitrogen and oxygen atoms in total. The van der Waals surface area contributed by atoms with Gasteiger partial charge in [0.05, 0.1) is 0 Å². The summed E-state index contributed by atoms with van der Waals surface area (Å²) < 4.78 is 0. The summed E-state index contributed by atoms with van der Waals surface area (Å²) in [6.07, 6.45) is 11.9. The lowest BCUT2D eigenvalue weighted by atomic mass is 9.68. The van der Waals surface area contributed by atoms with E-state index in [0.717, 1.165) is 31.3 Å². The van der Waals surface area contributed by atoms with E-state index in [-0.39, 0.29) is 0 Å². The molecule has 1 aliphatic heterocycles. The van der Waals surface area contributed by atoms with Crippen LogP contribution in [0.5, 0.6) is 0 Å². The third-order valence-corrected chi connectivity index (χ3v) is 5.46. The lowest BCUT2D eigenvalue weighted by Gasteiger charge is -2.44. The predicted molar refractivity (Wildman–Crippen MR) is 86.5 cm³/mol. The number of nitrogens with zero attached hydrogens (tertiary/aromatic N) is 3. The van der Waals surface area contributed by atoms with Crippen molar-refractivity contribution >= 4 is 5.95 Å². The van der Waals surface area contributed by atoms with E-state index < -0.39 is 0 Å². The molecule has 0 aromatic carbocycles. The van der Waals surface area contributed by atoms with Crippen LogP contribution in [0.15, 0.2) is 6.20 Å². The fourth-order valence-corrected chi connectivity index (χ4v) is 3.98. The zero-order valence-electron chi connectivity index (χ0n) is 13.5. The summed E-state index contributed by atoms with van der Waals surface area (Å²) >= 11 is 0. The van der Waals surface area contributed by atoms with E-state index in [1.165, 1.54) is 50.5 Å². The van der Waals surface area contributed by atoms with E-state index in [9.17, 15) is 0 Å². The van der Waals surface area contributed by atoms with Gasteiger partial charge >= 0.3 is 0 Å². The fraction of sp³-hybridized carbons (Fsp3) is 0.765. The Bertz CT molecular complexity index is 470. The number of anilines is 1. The molecule has 0 bridgehead atoms. The first kappa shape index (κ1) is 14.8. The van der Waals surface area contributed by atoms with Crippen molar-refractivity contribution in [2.45, 2.75) is 58.4 Å². The molecule has 1 aromatic heterocycles. The highest BCUT2D eigenvalue weighted by molar-refractivity contribution is 5.33. The second-order valence-electron chi connectivity index (χ2n) is 6.86. The van der Waals surface area contributed by atoms with Gasteiger partial charge in [-0.05, 0) is 45.1 Å². The van der Waals surface area contributed by atoms with E-state index in [2.05, 4.69) is 22.1 Å². The van der Waals surface area contributed by atoms with Crippen LogP contribution in [-0.4, -0.2) is 30.1 Å². The zero-order valence-corrected chi connectivity index (χ0v) is 13.5. The summed E-state index contributed by atoms with van der Waals surface area (Å²) in [5.74, 6) is 0.929. The number of hydrogen-bond acceptors (Lipinski definition) is 4. The van der Waals surface area contributed by atoms with Crippen LogP contribution in [0.25, 0.3) is 0 Å². The quantitative estimate of drug-likeness (QED) is 0.928. The molecule has 1 aromatic rings. The van der Waals surface area contributed by atoms with Crippen molar-refractivity contribution in [1.29, 1.82) is 0 Å². The molecule has 2 heterocycles. The lowest BCUT2D eigenvalue weighted by Crippen LogP contribution is -2.41. The van der Waals surface area contributed by atoms with Gasteiger partial charge in [0.25, 0.3) is 0 Å². The standard InChI is InChI=1S/C17H28N4/c1-14-15(12-18-2)13-19-16(20-14)21-10-8-17(9-11-21)6-4-3-5-7-17/h13,18H,3-12H2,1-2H3. The van der Waals surface area contributed by atoms with Crippen LogP contribution in [0, 0.1) is 12.3 Å². The van der Waals surface area contributed by atoms with Crippen molar-refractivity contribution < 1.29 is 0 Å².